The third kappa shape index (κ3) is 5.51. The average Bonchev–Trinajstić information content (AvgIpc) is 3.09. The number of aryl methyl sites for hydroxylation is 1. The van der Waals surface area contributed by atoms with E-state index in [0.29, 0.717) is 13.2 Å². The molecule has 0 saturated carbocycles. The van der Waals surface area contributed by atoms with Gasteiger partial charge in [0.05, 0.1) is 12.6 Å². The Kier molecular flexibility index (Phi) is 7.16. The lowest BCUT2D eigenvalue weighted by atomic mass is 10.1. The predicted octanol–water partition coefficient (Wildman–Crippen LogP) is 1.35. The van der Waals surface area contributed by atoms with Gasteiger partial charge in [-0.2, -0.15) is 5.10 Å². The average molecular weight is 404 g/mol. The summed E-state index contributed by atoms with van der Waals surface area (Å²) in [5.74, 6) is 2.21. The maximum absolute atomic E-state index is 13.6. The zero-order chi connectivity index (χ0) is 20.8. The van der Waals surface area contributed by atoms with Crippen LogP contribution in [0.1, 0.15) is 29.7 Å². The van der Waals surface area contributed by atoms with E-state index < -0.39 is 0 Å². The van der Waals surface area contributed by atoms with Crippen LogP contribution in [0.25, 0.3) is 0 Å². The van der Waals surface area contributed by atoms with E-state index in [1.807, 2.05) is 24.8 Å². The molecule has 8 nitrogen and oxygen atoms in total. The second-order valence-electron chi connectivity index (χ2n) is 7.43. The van der Waals surface area contributed by atoms with E-state index in [-0.39, 0.29) is 17.9 Å². The maximum atomic E-state index is 13.6. The van der Waals surface area contributed by atoms with Crippen LogP contribution in [0.3, 0.4) is 0 Å². The number of methoxy groups -OCH3 is 1. The summed E-state index contributed by atoms with van der Waals surface area (Å²) in [5.41, 5.74) is 0.925. The summed E-state index contributed by atoms with van der Waals surface area (Å²) in [5, 5.41) is 11.4. The maximum Gasteiger partial charge on any atom is 0.191 e. The molecule has 158 valence electrons. The Labute approximate surface area is 171 Å². The van der Waals surface area contributed by atoms with Crippen molar-refractivity contribution in [3.05, 3.63) is 47.3 Å². The van der Waals surface area contributed by atoms with Crippen LogP contribution in [-0.2, 0) is 24.3 Å². The van der Waals surface area contributed by atoms with E-state index in [4.69, 9.17) is 4.74 Å². The number of rotatable bonds is 7. The van der Waals surface area contributed by atoms with Crippen LogP contribution in [-0.4, -0.2) is 66.5 Å². The quantitative estimate of drug-likeness (QED) is 0.537. The van der Waals surface area contributed by atoms with E-state index in [2.05, 4.69) is 30.6 Å². The molecule has 0 fully saturated rings. The minimum Gasteiger partial charge on any atom is -0.377 e. The Morgan fingerprint density at radius 2 is 2.28 bits per heavy atom. The molecule has 2 heterocycles. The summed E-state index contributed by atoms with van der Waals surface area (Å²) in [4.78, 5) is 10.9. The Hall–Kier alpha value is -2.52. The molecule has 2 atom stereocenters. The van der Waals surface area contributed by atoms with Crippen molar-refractivity contribution in [2.45, 2.75) is 38.1 Å². The number of halogens is 1. The molecule has 0 saturated heterocycles. The highest BCUT2D eigenvalue weighted by atomic mass is 19.1. The van der Waals surface area contributed by atoms with Gasteiger partial charge in [-0.3, -0.25) is 4.99 Å². The minimum absolute atomic E-state index is 0.0223. The number of hydrogen-bond donors (Lipinski definition) is 2. The van der Waals surface area contributed by atoms with Crippen LogP contribution in [0, 0.1) is 5.82 Å². The molecule has 2 unspecified atom stereocenters. The number of aliphatic imine (C=N–C) groups is 1. The predicted molar refractivity (Wildman–Crippen MR) is 110 cm³/mol. The minimum atomic E-state index is -0.226. The Balaban J connectivity index is 1.58. The lowest BCUT2D eigenvalue weighted by molar-refractivity contribution is 0.177. The van der Waals surface area contributed by atoms with E-state index in [0.717, 1.165) is 42.6 Å². The Morgan fingerprint density at radius 1 is 1.45 bits per heavy atom. The fourth-order valence-corrected chi connectivity index (χ4v) is 3.56. The van der Waals surface area contributed by atoms with Crippen LogP contribution >= 0.6 is 0 Å². The van der Waals surface area contributed by atoms with Crippen molar-refractivity contribution in [1.29, 1.82) is 0 Å². The van der Waals surface area contributed by atoms with Crippen molar-refractivity contribution < 1.29 is 9.13 Å². The number of guanidine groups is 1. The molecular formula is C20H30FN7O. The van der Waals surface area contributed by atoms with E-state index in [9.17, 15) is 4.39 Å². The second-order valence-corrected chi connectivity index (χ2v) is 7.43. The largest absolute Gasteiger partial charge is 0.377 e. The van der Waals surface area contributed by atoms with E-state index in [1.54, 1.807) is 26.3 Å². The van der Waals surface area contributed by atoms with E-state index >= 15 is 0 Å². The number of aromatic nitrogens is 3. The van der Waals surface area contributed by atoms with Crippen molar-refractivity contribution in [2.24, 2.45) is 4.99 Å². The van der Waals surface area contributed by atoms with Gasteiger partial charge in [-0.25, -0.2) is 14.1 Å². The number of nitrogens with one attached hydrogen (secondary N) is 2. The van der Waals surface area contributed by atoms with Gasteiger partial charge in [-0.1, -0.05) is 12.1 Å². The smallest absolute Gasteiger partial charge is 0.191 e. The number of ether oxygens (including phenoxy) is 1. The molecule has 1 aromatic heterocycles. The molecule has 2 aromatic rings. The number of benzene rings is 1. The zero-order valence-corrected chi connectivity index (χ0v) is 17.5. The molecule has 0 amide bonds. The highest BCUT2D eigenvalue weighted by molar-refractivity contribution is 5.80. The summed E-state index contributed by atoms with van der Waals surface area (Å²) in [7, 11) is 7.37. The summed E-state index contributed by atoms with van der Waals surface area (Å²) >= 11 is 0. The first-order valence-corrected chi connectivity index (χ1v) is 9.80. The van der Waals surface area contributed by atoms with Gasteiger partial charge in [0.1, 0.15) is 18.2 Å². The second kappa shape index (κ2) is 9.80. The summed E-state index contributed by atoms with van der Waals surface area (Å²) < 4.78 is 20.7. The first-order valence-electron chi connectivity index (χ1n) is 9.80. The summed E-state index contributed by atoms with van der Waals surface area (Å²) in [6.07, 6.45) is 1.81. The topological polar surface area (TPSA) is 79.6 Å². The van der Waals surface area contributed by atoms with Crippen LogP contribution in [0.4, 0.5) is 4.39 Å². The molecule has 0 aliphatic carbocycles. The van der Waals surface area contributed by atoms with Gasteiger partial charge < -0.3 is 20.3 Å². The third-order valence-electron chi connectivity index (χ3n) is 5.06. The molecule has 2 N–H and O–H groups in total. The van der Waals surface area contributed by atoms with Gasteiger partial charge in [-0.05, 0) is 38.2 Å². The number of likely N-dealkylation sites (N-methyl/N-ethyl adjacent to an activating group) is 1. The Morgan fingerprint density at radius 3 is 2.97 bits per heavy atom. The monoisotopic (exact) mass is 403 g/mol. The van der Waals surface area contributed by atoms with Crippen LogP contribution in [0.2, 0.25) is 0 Å². The van der Waals surface area contributed by atoms with Gasteiger partial charge in [-0.15, -0.1) is 0 Å². The highest BCUT2D eigenvalue weighted by Gasteiger charge is 2.23. The molecule has 29 heavy (non-hydrogen) atoms. The van der Waals surface area contributed by atoms with Gasteiger partial charge >= 0.3 is 0 Å². The first-order chi connectivity index (χ1) is 14.0. The third-order valence-corrected chi connectivity index (χ3v) is 5.06. The summed E-state index contributed by atoms with van der Waals surface area (Å²) in [6, 6.07) is 6.95. The molecule has 1 aliphatic heterocycles. The van der Waals surface area contributed by atoms with Gasteiger partial charge in [0.25, 0.3) is 0 Å². The van der Waals surface area contributed by atoms with Crippen molar-refractivity contribution >= 4 is 5.96 Å². The van der Waals surface area contributed by atoms with Gasteiger partial charge in [0.15, 0.2) is 11.8 Å². The molecule has 1 aliphatic rings. The number of hydrogen-bond acceptors (Lipinski definition) is 5. The van der Waals surface area contributed by atoms with Crippen molar-refractivity contribution in [1.82, 2.24) is 30.3 Å². The number of fused-ring (bicyclic) bond motifs is 1. The van der Waals surface area contributed by atoms with Crippen LogP contribution < -0.4 is 10.6 Å². The summed E-state index contributed by atoms with van der Waals surface area (Å²) in [6.45, 7) is 1.76. The normalized spacial score (nSPS) is 17.9. The fourth-order valence-electron chi connectivity index (χ4n) is 3.56. The SMILES string of the molecule is CN=C(NCC(c1cccc(F)c1)N(C)C)NC1CCc2nc(COC)nn2C1. The molecule has 9 heteroatoms. The molecule has 3 rings (SSSR count). The van der Waals surface area contributed by atoms with Gasteiger partial charge in [0, 0.05) is 33.2 Å². The number of nitrogens with zero attached hydrogens (tertiary/aromatic N) is 5. The molecule has 1 aromatic carbocycles. The highest BCUT2D eigenvalue weighted by Crippen LogP contribution is 2.18. The molecular weight excluding hydrogens is 373 g/mol. The standard InChI is InChI=1S/C20H30FN7O/c1-22-20(23-11-17(27(2)3)14-6-5-7-15(21)10-14)24-16-8-9-19-25-18(13-29-4)26-28(19)12-16/h5-7,10,16-17H,8-9,11-13H2,1-4H3,(H2,22,23,24). The van der Waals surface area contributed by atoms with Crippen LogP contribution in [0.5, 0.6) is 0 Å². The zero-order valence-electron chi connectivity index (χ0n) is 17.5. The first kappa shape index (κ1) is 21.2. The lowest BCUT2D eigenvalue weighted by Gasteiger charge is -2.28. The Bertz CT molecular complexity index is 836. The van der Waals surface area contributed by atoms with E-state index in [1.165, 1.54) is 6.07 Å². The molecule has 0 spiro atoms. The van der Waals surface area contributed by atoms with Crippen LogP contribution in [0.15, 0.2) is 29.3 Å². The molecule has 0 radical (unpaired) electrons. The van der Waals surface area contributed by atoms with Crippen molar-refractivity contribution in [2.75, 3.05) is 34.8 Å². The van der Waals surface area contributed by atoms with Gasteiger partial charge in [0.2, 0.25) is 0 Å². The molecule has 0 bridgehead atoms. The van der Waals surface area contributed by atoms with Crippen molar-refractivity contribution in [3.8, 4) is 0 Å². The van der Waals surface area contributed by atoms with Crippen molar-refractivity contribution in [3.63, 3.8) is 0 Å². The fraction of sp³-hybridized carbons (Fsp3) is 0.550. The lowest BCUT2D eigenvalue weighted by Crippen LogP contribution is -2.48.